The quantitative estimate of drug-likeness (QED) is 0.682. The molecule has 0 aliphatic heterocycles. The number of carboxylic acids is 1. The summed E-state index contributed by atoms with van der Waals surface area (Å²) in [4.78, 5) is 11.0. The van der Waals surface area contributed by atoms with E-state index in [2.05, 4.69) is 0 Å². The van der Waals surface area contributed by atoms with Crippen LogP contribution < -0.4 is 4.74 Å². The van der Waals surface area contributed by atoms with Crippen molar-refractivity contribution in [3.63, 3.8) is 0 Å². The van der Waals surface area contributed by atoms with Crippen molar-refractivity contribution in [2.24, 2.45) is 0 Å². The lowest BCUT2D eigenvalue weighted by Gasteiger charge is -2.10. The van der Waals surface area contributed by atoms with Gasteiger partial charge in [0.05, 0.1) is 6.61 Å². The fourth-order valence-electron chi connectivity index (χ4n) is 1.99. The van der Waals surface area contributed by atoms with Crippen molar-refractivity contribution < 1.29 is 14.6 Å². The van der Waals surface area contributed by atoms with E-state index in [-0.39, 0.29) is 5.57 Å². The predicted octanol–water partition coefficient (Wildman–Crippen LogP) is 3.23. The van der Waals surface area contributed by atoms with Crippen LogP contribution in [-0.4, -0.2) is 17.7 Å². The molecule has 0 fully saturated rings. The van der Waals surface area contributed by atoms with Crippen LogP contribution in [0.4, 0.5) is 0 Å². The fourth-order valence-corrected chi connectivity index (χ4v) is 1.99. The highest BCUT2D eigenvalue weighted by Gasteiger charge is 2.11. The van der Waals surface area contributed by atoms with E-state index in [1.54, 1.807) is 12.1 Å². The van der Waals surface area contributed by atoms with Crippen LogP contribution in [-0.2, 0) is 4.79 Å². The van der Waals surface area contributed by atoms with Crippen molar-refractivity contribution in [3.8, 4) is 11.8 Å². The number of aliphatic carboxylic acids is 1. The first kappa shape index (κ1) is 13.6. The van der Waals surface area contributed by atoms with Crippen molar-refractivity contribution in [1.29, 1.82) is 5.26 Å². The van der Waals surface area contributed by atoms with Gasteiger partial charge in [-0.2, -0.15) is 5.26 Å². The van der Waals surface area contributed by atoms with Gasteiger partial charge in [-0.3, -0.25) is 0 Å². The monoisotopic (exact) mass is 267 g/mol. The maximum absolute atomic E-state index is 11.0. The molecular weight excluding hydrogens is 254 g/mol. The van der Waals surface area contributed by atoms with Crippen LogP contribution in [0.15, 0.2) is 42.0 Å². The summed E-state index contributed by atoms with van der Waals surface area (Å²) in [5, 5.41) is 19.7. The first-order valence-electron chi connectivity index (χ1n) is 6.17. The Kier molecular flexibility index (Phi) is 4.02. The van der Waals surface area contributed by atoms with E-state index >= 15 is 0 Å². The number of benzene rings is 2. The molecule has 0 spiro atoms. The molecule has 0 aromatic heterocycles. The van der Waals surface area contributed by atoms with Crippen LogP contribution in [0.3, 0.4) is 0 Å². The molecule has 0 saturated carbocycles. The largest absolute Gasteiger partial charge is 0.493 e. The Bertz CT molecular complexity index is 726. The highest BCUT2D eigenvalue weighted by atomic mass is 16.5. The lowest BCUT2D eigenvalue weighted by Crippen LogP contribution is -1.99. The molecule has 0 aliphatic rings. The maximum Gasteiger partial charge on any atom is 0.346 e. The Morgan fingerprint density at radius 3 is 2.75 bits per heavy atom. The van der Waals surface area contributed by atoms with Crippen LogP contribution in [0.2, 0.25) is 0 Å². The van der Waals surface area contributed by atoms with Crippen molar-refractivity contribution >= 4 is 22.8 Å². The van der Waals surface area contributed by atoms with Gasteiger partial charge in [0, 0.05) is 5.56 Å². The molecule has 2 aromatic rings. The molecule has 0 heterocycles. The molecule has 1 N–H and O–H groups in total. The average Bonchev–Trinajstić information content (AvgIpc) is 2.46. The normalized spacial score (nSPS) is 11.1. The molecule has 0 unspecified atom stereocenters. The minimum absolute atomic E-state index is 0.317. The number of rotatable bonds is 4. The van der Waals surface area contributed by atoms with E-state index in [1.807, 2.05) is 37.3 Å². The number of nitriles is 1. The first-order valence-corrected chi connectivity index (χ1v) is 6.17. The third-order valence-electron chi connectivity index (χ3n) is 2.87. The van der Waals surface area contributed by atoms with E-state index in [9.17, 15) is 4.79 Å². The number of hydrogen-bond acceptors (Lipinski definition) is 3. The van der Waals surface area contributed by atoms with E-state index in [4.69, 9.17) is 15.1 Å². The van der Waals surface area contributed by atoms with Crippen molar-refractivity contribution in [2.75, 3.05) is 6.61 Å². The second kappa shape index (κ2) is 5.89. The molecule has 0 saturated heterocycles. The van der Waals surface area contributed by atoms with Gasteiger partial charge in [0.15, 0.2) is 0 Å². The number of hydrogen-bond donors (Lipinski definition) is 1. The van der Waals surface area contributed by atoms with Crippen molar-refractivity contribution in [3.05, 3.63) is 47.5 Å². The Balaban J connectivity index is 2.73. The molecular formula is C16H13NO3. The van der Waals surface area contributed by atoms with Gasteiger partial charge in [0.2, 0.25) is 0 Å². The molecule has 0 bridgehead atoms. The van der Waals surface area contributed by atoms with Crippen LogP contribution in [0.1, 0.15) is 12.5 Å². The Morgan fingerprint density at radius 1 is 1.35 bits per heavy atom. The lowest BCUT2D eigenvalue weighted by molar-refractivity contribution is -0.132. The molecule has 0 amide bonds. The highest BCUT2D eigenvalue weighted by Crippen LogP contribution is 2.30. The molecule has 4 nitrogen and oxygen atoms in total. The third kappa shape index (κ3) is 2.62. The van der Waals surface area contributed by atoms with Gasteiger partial charge in [0.1, 0.15) is 17.4 Å². The smallest absolute Gasteiger partial charge is 0.346 e. The first-order chi connectivity index (χ1) is 9.67. The minimum Gasteiger partial charge on any atom is -0.493 e. The Morgan fingerprint density at radius 2 is 2.10 bits per heavy atom. The Labute approximate surface area is 116 Å². The summed E-state index contributed by atoms with van der Waals surface area (Å²) < 4.78 is 5.52. The number of fused-ring (bicyclic) bond motifs is 1. The number of nitrogens with zero attached hydrogens (tertiary/aromatic N) is 1. The van der Waals surface area contributed by atoms with E-state index in [1.165, 1.54) is 6.08 Å². The lowest BCUT2D eigenvalue weighted by atomic mass is 10.0. The van der Waals surface area contributed by atoms with Crippen LogP contribution in [0.5, 0.6) is 5.75 Å². The van der Waals surface area contributed by atoms with E-state index in [0.717, 1.165) is 10.8 Å². The summed E-state index contributed by atoms with van der Waals surface area (Å²) in [5.41, 5.74) is 0.297. The summed E-state index contributed by atoms with van der Waals surface area (Å²) in [6, 6.07) is 12.9. The summed E-state index contributed by atoms with van der Waals surface area (Å²) in [7, 11) is 0. The highest BCUT2D eigenvalue weighted by molar-refractivity contribution is 6.01. The van der Waals surface area contributed by atoms with Gasteiger partial charge in [0.25, 0.3) is 0 Å². The standard InChI is InChI=1S/C16H13NO3/c1-2-20-15-8-7-11-5-3-4-6-13(11)14(15)9-12(10-17)16(18)19/h3-9H,2H2,1H3,(H,18,19). The number of ether oxygens (including phenoxy) is 1. The SMILES string of the molecule is CCOc1ccc2ccccc2c1C=C(C#N)C(=O)O. The summed E-state index contributed by atoms with van der Waals surface area (Å²) >= 11 is 0. The van der Waals surface area contributed by atoms with Gasteiger partial charge >= 0.3 is 5.97 Å². The molecule has 0 atom stereocenters. The van der Waals surface area contributed by atoms with Gasteiger partial charge < -0.3 is 9.84 Å². The van der Waals surface area contributed by atoms with Crippen LogP contribution in [0, 0.1) is 11.3 Å². The topological polar surface area (TPSA) is 70.3 Å². The third-order valence-corrected chi connectivity index (χ3v) is 2.87. The maximum atomic E-state index is 11.0. The molecule has 100 valence electrons. The van der Waals surface area contributed by atoms with E-state index < -0.39 is 5.97 Å². The zero-order valence-electron chi connectivity index (χ0n) is 11.0. The van der Waals surface area contributed by atoms with Gasteiger partial charge in [-0.25, -0.2) is 4.79 Å². The summed E-state index contributed by atoms with van der Waals surface area (Å²) in [6.07, 6.45) is 1.36. The molecule has 0 radical (unpaired) electrons. The number of carbonyl (C=O) groups is 1. The summed E-state index contributed by atoms with van der Waals surface area (Å²) in [6.45, 7) is 2.32. The summed E-state index contributed by atoms with van der Waals surface area (Å²) in [5.74, 6) is -0.678. The van der Waals surface area contributed by atoms with Crippen LogP contribution in [0.25, 0.3) is 16.8 Å². The molecule has 4 heteroatoms. The van der Waals surface area contributed by atoms with Gasteiger partial charge in [-0.05, 0) is 29.8 Å². The Hall–Kier alpha value is -2.80. The number of carboxylic acid groups (broad SMARTS) is 1. The molecule has 2 aromatic carbocycles. The van der Waals surface area contributed by atoms with Gasteiger partial charge in [-0.15, -0.1) is 0 Å². The van der Waals surface area contributed by atoms with Crippen molar-refractivity contribution in [2.45, 2.75) is 6.92 Å². The zero-order valence-corrected chi connectivity index (χ0v) is 11.0. The predicted molar refractivity (Wildman–Crippen MR) is 76.3 cm³/mol. The van der Waals surface area contributed by atoms with E-state index in [0.29, 0.717) is 17.9 Å². The molecule has 0 aliphatic carbocycles. The second-order valence-corrected chi connectivity index (χ2v) is 4.11. The fraction of sp³-hybridized carbons (Fsp3) is 0.125. The minimum atomic E-state index is -1.25. The average molecular weight is 267 g/mol. The van der Waals surface area contributed by atoms with Crippen molar-refractivity contribution in [1.82, 2.24) is 0 Å². The molecule has 2 rings (SSSR count). The van der Waals surface area contributed by atoms with Gasteiger partial charge in [-0.1, -0.05) is 30.3 Å². The van der Waals surface area contributed by atoms with Crippen LogP contribution >= 0.6 is 0 Å². The second-order valence-electron chi connectivity index (χ2n) is 4.11. The molecule has 20 heavy (non-hydrogen) atoms. The zero-order chi connectivity index (χ0) is 14.5.